The number of likely N-dealkylation sites (tertiary alicyclic amines) is 1. The van der Waals surface area contributed by atoms with Crippen LogP contribution >= 0.6 is 0 Å². The number of Topliss-reactive ketones (excluding diaryl/α,β-unsaturated/α-hetero) is 1. The maximum absolute atomic E-state index is 13.1. The number of hydrogen-bond acceptors (Lipinski definition) is 6. The summed E-state index contributed by atoms with van der Waals surface area (Å²) >= 11 is 0. The third-order valence-corrected chi connectivity index (χ3v) is 5.56. The van der Waals surface area contributed by atoms with Gasteiger partial charge >= 0.3 is 0 Å². The van der Waals surface area contributed by atoms with E-state index in [0.29, 0.717) is 42.2 Å². The average Bonchev–Trinajstić information content (AvgIpc) is 3.07. The van der Waals surface area contributed by atoms with Crippen molar-refractivity contribution in [2.75, 3.05) is 40.9 Å². The zero-order valence-corrected chi connectivity index (χ0v) is 19.7. The van der Waals surface area contributed by atoms with Crippen molar-refractivity contribution in [2.45, 2.75) is 25.8 Å². The van der Waals surface area contributed by atoms with Gasteiger partial charge in [-0.25, -0.2) is 0 Å². The molecule has 0 saturated carbocycles. The van der Waals surface area contributed by atoms with Gasteiger partial charge in [-0.1, -0.05) is 43.3 Å². The van der Waals surface area contributed by atoms with Crippen molar-refractivity contribution in [3.63, 3.8) is 0 Å². The Kier molecular flexibility index (Phi) is 8.11. The van der Waals surface area contributed by atoms with E-state index in [1.807, 2.05) is 38.1 Å². The van der Waals surface area contributed by atoms with Crippen LogP contribution in [0.25, 0.3) is 5.76 Å². The standard InChI is InChI=1S/C26H32N2O5/c1-5-16-33-20-13-12-19(17-21(20)32-4)23-22(24(29)18-10-7-6-8-11-18)25(30)26(31)28(23)15-9-14-27(2)3/h6-8,10-13,17,23,29H,5,9,14-16H2,1-4H3/b24-22+. The predicted molar refractivity (Wildman–Crippen MR) is 127 cm³/mol. The third kappa shape index (κ3) is 5.37. The van der Waals surface area contributed by atoms with Crippen molar-refractivity contribution in [1.29, 1.82) is 0 Å². The first-order valence-electron chi connectivity index (χ1n) is 11.2. The summed E-state index contributed by atoms with van der Waals surface area (Å²) in [6.45, 7) is 3.72. The second-order valence-corrected chi connectivity index (χ2v) is 8.27. The van der Waals surface area contributed by atoms with Gasteiger partial charge in [0.05, 0.1) is 25.3 Å². The molecule has 1 saturated heterocycles. The number of aliphatic hydroxyl groups is 1. The fraction of sp³-hybridized carbons (Fsp3) is 0.385. The van der Waals surface area contributed by atoms with Crippen LogP contribution in [-0.4, -0.2) is 67.5 Å². The Morgan fingerprint density at radius 3 is 2.45 bits per heavy atom. The van der Waals surface area contributed by atoms with E-state index in [1.165, 1.54) is 0 Å². The molecule has 7 heteroatoms. The summed E-state index contributed by atoms with van der Waals surface area (Å²) in [5, 5.41) is 11.1. The summed E-state index contributed by atoms with van der Waals surface area (Å²) < 4.78 is 11.3. The number of carbonyl (C=O) groups excluding carboxylic acids is 2. The summed E-state index contributed by atoms with van der Waals surface area (Å²) in [4.78, 5) is 29.7. The summed E-state index contributed by atoms with van der Waals surface area (Å²) in [5.74, 6) is -0.368. The molecule has 1 N–H and O–H groups in total. The van der Waals surface area contributed by atoms with Crippen molar-refractivity contribution in [3.05, 3.63) is 65.2 Å². The summed E-state index contributed by atoms with van der Waals surface area (Å²) in [6, 6.07) is 13.5. The summed E-state index contributed by atoms with van der Waals surface area (Å²) in [6.07, 6.45) is 1.55. The van der Waals surface area contributed by atoms with Gasteiger partial charge in [-0.3, -0.25) is 9.59 Å². The monoisotopic (exact) mass is 452 g/mol. The first-order chi connectivity index (χ1) is 15.9. The number of carbonyl (C=O) groups is 2. The number of nitrogens with zero attached hydrogens (tertiary/aromatic N) is 2. The lowest BCUT2D eigenvalue weighted by molar-refractivity contribution is -0.139. The highest BCUT2D eigenvalue weighted by Gasteiger charge is 2.46. The molecule has 2 aromatic rings. The molecule has 0 aromatic heterocycles. The van der Waals surface area contributed by atoms with Crippen molar-refractivity contribution in [1.82, 2.24) is 9.80 Å². The van der Waals surface area contributed by atoms with Crippen molar-refractivity contribution >= 4 is 17.4 Å². The van der Waals surface area contributed by atoms with E-state index in [0.717, 1.165) is 13.0 Å². The second-order valence-electron chi connectivity index (χ2n) is 8.27. The largest absolute Gasteiger partial charge is 0.507 e. The number of ketones is 1. The molecule has 3 rings (SSSR count). The Balaban J connectivity index is 2.09. The highest BCUT2D eigenvalue weighted by atomic mass is 16.5. The molecular formula is C26H32N2O5. The quantitative estimate of drug-likeness (QED) is 0.335. The molecule has 2 aromatic carbocycles. The van der Waals surface area contributed by atoms with Crippen molar-refractivity contribution in [2.24, 2.45) is 0 Å². The van der Waals surface area contributed by atoms with Crippen LogP contribution in [-0.2, 0) is 9.59 Å². The molecule has 1 amide bonds. The fourth-order valence-corrected chi connectivity index (χ4v) is 3.95. The van der Waals surface area contributed by atoms with E-state index in [1.54, 1.807) is 48.4 Å². The van der Waals surface area contributed by atoms with E-state index < -0.39 is 17.7 Å². The zero-order valence-electron chi connectivity index (χ0n) is 19.7. The van der Waals surface area contributed by atoms with Crippen LogP contribution in [0.3, 0.4) is 0 Å². The van der Waals surface area contributed by atoms with Gasteiger partial charge in [-0.15, -0.1) is 0 Å². The minimum atomic E-state index is -0.721. The van der Waals surface area contributed by atoms with Gasteiger partial charge in [-0.05, 0) is 51.2 Å². The maximum Gasteiger partial charge on any atom is 0.295 e. The van der Waals surface area contributed by atoms with E-state index in [4.69, 9.17) is 9.47 Å². The van der Waals surface area contributed by atoms with E-state index in [2.05, 4.69) is 0 Å². The van der Waals surface area contributed by atoms with Gasteiger partial charge in [0.25, 0.3) is 11.7 Å². The van der Waals surface area contributed by atoms with Gasteiger partial charge in [0.15, 0.2) is 11.5 Å². The van der Waals surface area contributed by atoms with Crippen LogP contribution in [0.1, 0.15) is 36.9 Å². The molecule has 1 aliphatic heterocycles. The number of methoxy groups -OCH3 is 1. The Bertz CT molecular complexity index is 1020. The summed E-state index contributed by atoms with van der Waals surface area (Å²) in [7, 11) is 5.47. The minimum Gasteiger partial charge on any atom is -0.507 e. The molecule has 176 valence electrons. The Hall–Kier alpha value is -3.32. The van der Waals surface area contributed by atoms with Crippen LogP contribution in [0.2, 0.25) is 0 Å². The first kappa shape index (κ1) is 24.3. The van der Waals surface area contributed by atoms with Crippen LogP contribution in [0.4, 0.5) is 0 Å². The highest BCUT2D eigenvalue weighted by Crippen LogP contribution is 2.42. The molecular weight excluding hydrogens is 420 g/mol. The van der Waals surface area contributed by atoms with E-state index in [9.17, 15) is 14.7 Å². The molecule has 0 aliphatic carbocycles. The van der Waals surface area contributed by atoms with Crippen LogP contribution in [0.15, 0.2) is 54.1 Å². The zero-order chi connectivity index (χ0) is 24.0. The normalized spacial score (nSPS) is 17.6. The molecule has 0 radical (unpaired) electrons. The number of aliphatic hydroxyl groups excluding tert-OH is 1. The Morgan fingerprint density at radius 2 is 1.82 bits per heavy atom. The Labute approximate surface area is 195 Å². The molecule has 1 atom stereocenters. The van der Waals surface area contributed by atoms with Gasteiger partial charge in [0.1, 0.15) is 5.76 Å². The van der Waals surface area contributed by atoms with E-state index >= 15 is 0 Å². The lowest BCUT2D eigenvalue weighted by Crippen LogP contribution is -2.32. The minimum absolute atomic E-state index is 0.0836. The molecule has 0 bridgehead atoms. The van der Waals surface area contributed by atoms with Gasteiger partial charge in [-0.2, -0.15) is 0 Å². The molecule has 33 heavy (non-hydrogen) atoms. The number of benzene rings is 2. The number of rotatable bonds is 10. The molecule has 1 unspecified atom stereocenters. The third-order valence-electron chi connectivity index (χ3n) is 5.56. The fourth-order valence-electron chi connectivity index (χ4n) is 3.95. The van der Waals surface area contributed by atoms with Gasteiger partial charge in [0, 0.05) is 12.1 Å². The van der Waals surface area contributed by atoms with Gasteiger partial charge in [0.2, 0.25) is 0 Å². The summed E-state index contributed by atoms with van der Waals surface area (Å²) in [5.41, 5.74) is 1.25. The highest BCUT2D eigenvalue weighted by molar-refractivity contribution is 6.46. The van der Waals surface area contributed by atoms with Crippen LogP contribution < -0.4 is 9.47 Å². The molecule has 0 spiro atoms. The lowest BCUT2D eigenvalue weighted by atomic mass is 9.95. The molecule has 7 nitrogen and oxygen atoms in total. The van der Waals surface area contributed by atoms with E-state index in [-0.39, 0.29) is 11.3 Å². The SMILES string of the molecule is CCCOc1ccc(C2/C(=C(\O)c3ccccc3)C(=O)C(=O)N2CCCN(C)C)cc1OC. The average molecular weight is 453 g/mol. The molecule has 1 aliphatic rings. The van der Waals surface area contributed by atoms with Crippen LogP contribution in [0.5, 0.6) is 11.5 Å². The molecule has 1 fully saturated rings. The second kappa shape index (κ2) is 11.0. The predicted octanol–water partition coefficient (Wildman–Crippen LogP) is 3.86. The number of amides is 1. The number of hydrogen-bond donors (Lipinski definition) is 1. The number of ether oxygens (including phenoxy) is 2. The Morgan fingerprint density at radius 1 is 1.09 bits per heavy atom. The van der Waals surface area contributed by atoms with Crippen molar-refractivity contribution in [3.8, 4) is 11.5 Å². The molecule has 1 heterocycles. The van der Waals surface area contributed by atoms with Crippen LogP contribution in [0, 0.1) is 0 Å². The van der Waals surface area contributed by atoms with Crippen molar-refractivity contribution < 1.29 is 24.2 Å². The smallest absolute Gasteiger partial charge is 0.295 e. The topological polar surface area (TPSA) is 79.3 Å². The first-order valence-corrected chi connectivity index (χ1v) is 11.2. The maximum atomic E-state index is 13.1. The lowest BCUT2D eigenvalue weighted by Gasteiger charge is -2.26. The van der Waals surface area contributed by atoms with Gasteiger partial charge < -0.3 is 24.4 Å².